The first-order chi connectivity index (χ1) is 12.1. The minimum atomic E-state index is -1.44. The van der Waals surface area contributed by atoms with Crippen LogP contribution in [0.1, 0.15) is 32.6 Å². The molecule has 1 aliphatic heterocycles. The SMILES string of the molecule is CC(O)C(NC(=O)C1CCCN1C(=O)C(N)CCCN=C(N)N)C(=O)O. The van der Waals surface area contributed by atoms with E-state index in [0.717, 1.165) is 0 Å². The number of nitrogens with two attached hydrogens (primary N) is 3. The minimum Gasteiger partial charge on any atom is -0.480 e. The lowest BCUT2D eigenvalue weighted by molar-refractivity contribution is -0.146. The summed E-state index contributed by atoms with van der Waals surface area (Å²) in [7, 11) is 0. The van der Waals surface area contributed by atoms with E-state index in [1.54, 1.807) is 0 Å². The average molecular weight is 372 g/mol. The van der Waals surface area contributed by atoms with E-state index < -0.39 is 36.1 Å². The number of rotatable bonds is 9. The van der Waals surface area contributed by atoms with Crippen molar-refractivity contribution >= 4 is 23.7 Å². The third-order valence-electron chi connectivity index (χ3n) is 4.17. The van der Waals surface area contributed by atoms with Crippen LogP contribution in [0.2, 0.25) is 0 Å². The highest BCUT2D eigenvalue weighted by Gasteiger charge is 2.38. The fraction of sp³-hybridized carbons (Fsp3) is 0.733. The normalized spacial score (nSPS) is 20.1. The molecule has 4 atom stereocenters. The Morgan fingerprint density at radius 3 is 2.54 bits per heavy atom. The first-order valence-corrected chi connectivity index (χ1v) is 8.47. The highest BCUT2D eigenvalue weighted by molar-refractivity contribution is 5.92. The number of aliphatic hydroxyl groups excluding tert-OH is 1. The summed E-state index contributed by atoms with van der Waals surface area (Å²) in [6.45, 7) is 1.98. The molecular formula is C15H28N6O5. The number of carboxylic acids is 1. The molecule has 1 saturated heterocycles. The molecule has 11 nitrogen and oxygen atoms in total. The zero-order chi connectivity index (χ0) is 19.9. The Balaban J connectivity index is 2.65. The molecule has 11 heteroatoms. The lowest BCUT2D eigenvalue weighted by atomic mass is 10.1. The summed E-state index contributed by atoms with van der Waals surface area (Å²) in [5.41, 5.74) is 16.3. The van der Waals surface area contributed by atoms with Gasteiger partial charge in [-0.2, -0.15) is 0 Å². The molecule has 0 spiro atoms. The third-order valence-corrected chi connectivity index (χ3v) is 4.17. The fourth-order valence-electron chi connectivity index (χ4n) is 2.80. The highest BCUT2D eigenvalue weighted by Crippen LogP contribution is 2.19. The predicted octanol–water partition coefficient (Wildman–Crippen LogP) is -2.69. The number of carboxylic acid groups (broad SMARTS) is 1. The lowest BCUT2D eigenvalue weighted by Gasteiger charge is -2.28. The number of nitrogens with one attached hydrogen (secondary N) is 1. The average Bonchev–Trinajstić information content (AvgIpc) is 3.04. The summed E-state index contributed by atoms with van der Waals surface area (Å²) in [5.74, 6) is -2.37. The smallest absolute Gasteiger partial charge is 0.328 e. The van der Waals surface area contributed by atoms with Crippen LogP contribution in [-0.2, 0) is 14.4 Å². The van der Waals surface area contributed by atoms with Crippen molar-refractivity contribution in [3.63, 3.8) is 0 Å². The number of aliphatic carboxylic acids is 1. The van der Waals surface area contributed by atoms with Crippen molar-refractivity contribution in [1.82, 2.24) is 10.2 Å². The topological polar surface area (TPSA) is 197 Å². The Kier molecular flexibility index (Phi) is 8.26. The van der Waals surface area contributed by atoms with Gasteiger partial charge in [-0.15, -0.1) is 0 Å². The first-order valence-electron chi connectivity index (χ1n) is 8.47. The fourth-order valence-corrected chi connectivity index (χ4v) is 2.80. The van der Waals surface area contributed by atoms with Gasteiger partial charge >= 0.3 is 5.97 Å². The van der Waals surface area contributed by atoms with E-state index >= 15 is 0 Å². The van der Waals surface area contributed by atoms with Gasteiger partial charge in [-0.05, 0) is 32.6 Å². The molecule has 1 rings (SSSR count). The van der Waals surface area contributed by atoms with Gasteiger partial charge in [0.2, 0.25) is 11.8 Å². The standard InChI is InChI=1S/C15H28N6O5/c1-8(22)11(14(25)26)20-12(23)10-5-3-7-21(10)13(24)9(16)4-2-6-19-15(17)18/h8-11,22H,2-7,16H2,1H3,(H,20,23)(H,25,26)(H4,17,18,19). The van der Waals surface area contributed by atoms with Crippen LogP contribution < -0.4 is 22.5 Å². The highest BCUT2D eigenvalue weighted by atomic mass is 16.4. The van der Waals surface area contributed by atoms with Crippen LogP contribution in [0.3, 0.4) is 0 Å². The quantitative estimate of drug-likeness (QED) is 0.143. The molecule has 1 fully saturated rings. The molecule has 148 valence electrons. The van der Waals surface area contributed by atoms with Crippen LogP contribution in [-0.4, -0.2) is 76.2 Å². The van der Waals surface area contributed by atoms with Crippen molar-refractivity contribution < 1.29 is 24.6 Å². The Morgan fingerprint density at radius 2 is 2.00 bits per heavy atom. The minimum absolute atomic E-state index is 0.0349. The summed E-state index contributed by atoms with van der Waals surface area (Å²) in [5, 5.41) is 20.8. The van der Waals surface area contributed by atoms with Crippen LogP contribution in [0.5, 0.6) is 0 Å². The monoisotopic (exact) mass is 372 g/mol. The lowest BCUT2D eigenvalue weighted by Crippen LogP contribution is -2.56. The summed E-state index contributed by atoms with van der Waals surface area (Å²) >= 11 is 0. The van der Waals surface area contributed by atoms with E-state index in [1.807, 2.05) is 0 Å². The van der Waals surface area contributed by atoms with Crippen molar-refractivity contribution in [2.45, 2.75) is 56.8 Å². The molecule has 1 heterocycles. The van der Waals surface area contributed by atoms with Gasteiger partial charge in [0.15, 0.2) is 12.0 Å². The molecule has 0 aliphatic carbocycles. The van der Waals surface area contributed by atoms with Crippen molar-refractivity contribution in [2.75, 3.05) is 13.1 Å². The van der Waals surface area contributed by atoms with Gasteiger partial charge in [0, 0.05) is 13.1 Å². The molecule has 26 heavy (non-hydrogen) atoms. The molecule has 0 aromatic rings. The predicted molar refractivity (Wildman–Crippen MR) is 93.9 cm³/mol. The Morgan fingerprint density at radius 1 is 1.35 bits per heavy atom. The molecule has 0 aromatic heterocycles. The number of carbonyl (C=O) groups excluding carboxylic acids is 2. The number of hydrogen-bond acceptors (Lipinski definition) is 6. The largest absolute Gasteiger partial charge is 0.480 e. The molecule has 0 radical (unpaired) electrons. The number of amides is 2. The summed E-state index contributed by atoms with van der Waals surface area (Å²) in [6.07, 6.45) is 0.617. The van der Waals surface area contributed by atoms with Crippen LogP contribution in [0.25, 0.3) is 0 Å². The Bertz CT molecular complexity index is 549. The van der Waals surface area contributed by atoms with E-state index in [4.69, 9.17) is 22.3 Å². The molecule has 0 aromatic carbocycles. The van der Waals surface area contributed by atoms with Crippen molar-refractivity contribution in [3.8, 4) is 0 Å². The number of nitrogens with zero attached hydrogens (tertiary/aromatic N) is 2. The number of aliphatic hydroxyl groups is 1. The van der Waals surface area contributed by atoms with E-state index in [2.05, 4.69) is 10.3 Å². The number of aliphatic imine (C=N–C) groups is 1. The Hall–Kier alpha value is -2.40. The number of likely N-dealkylation sites (tertiary alicyclic amines) is 1. The van der Waals surface area contributed by atoms with Gasteiger partial charge in [-0.25, -0.2) is 4.79 Å². The van der Waals surface area contributed by atoms with Gasteiger partial charge in [-0.3, -0.25) is 14.6 Å². The Labute approximate surface area is 151 Å². The molecule has 2 amide bonds. The van der Waals surface area contributed by atoms with Crippen LogP contribution in [0, 0.1) is 0 Å². The second-order valence-electron chi connectivity index (χ2n) is 6.31. The van der Waals surface area contributed by atoms with Gasteiger partial charge in [0.25, 0.3) is 0 Å². The number of carbonyl (C=O) groups is 3. The van der Waals surface area contributed by atoms with Gasteiger partial charge < -0.3 is 37.6 Å². The maximum Gasteiger partial charge on any atom is 0.328 e. The first kappa shape index (κ1) is 21.6. The summed E-state index contributed by atoms with van der Waals surface area (Å²) in [6, 6.07) is -3.04. The van der Waals surface area contributed by atoms with Crippen LogP contribution >= 0.6 is 0 Å². The van der Waals surface area contributed by atoms with Gasteiger partial charge in [0.05, 0.1) is 12.1 Å². The van der Waals surface area contributed by atoms with Crippen molar-refractivity contribution in [2.24, 2.45) is 22.2 Å². The second kappa shape index (κ2) is 9.92. The molecule has 0 bridgehead atoms. The van der Waals surface area contributed by atoms with E-state index in [-0.39, 0.29) is 11.9 Å². The van der Waals surface area contributed by atoms with E-state index in [0.29, 0.717) is 38.8 Å². The molecule has 1 aliphatic rings. The zero-order valence-corrected chi connectivity index (χ0v) is 14.8. The van der Waals surface area contributed by atoms with Crippen molar-refractivity contribution in [3.05, 3.63) is 0 Å². The van der Waals surface area contributed by atoms with Crippen LogP contribution in [0.15, 0.2) is 4.99 Å². The van der Waals surface area contributed by atoms with E-state index in [1.165, 1.54) is 11.8 Å². The number of guanidine groups is 1. The molecular weight excluding hydrogens is 344 g/mol. The molecule has 4 unspecified atom stereocenters. The summed E-state index contributed by atoms with van der Waals surface area (Å²) < 4.78 is 0. The van der Waals surface area contributed by atoms with Gasteiger partial charge in [0.1, 0.15) is 6.04 Å². The van der Waals surface area contributed by atoms with Crippen LogP contribution in [0.4, 0.5) is 0 Å². The molecule has 9 N–H and O–H groups in total. The second-order valence-corrected chi connectivity index (χ2v) is 6.31. The maximum absolute atomic E-state index is 12.5. The zero-order valence-electron chi connectivity index (χ0n) is 14.8. The summed E-state index contributed by atoms with van der Waals surface area (Å²) in [4.78, 5) is 41.2. The van der Waals surface area contributed by atoms with Crippen molar-refractivity contribution in [1.29, 1.82) is 0 Å². The molecule has 0 saturated carbocycles. The number of hydrogen-bond donors (Lipinski definition) is 6. The van der Waals surface area contributed by atoms with Gasteiger partial charge in [-0.1, -0.05) is 0 Å². The maximum atomic E-state index is 12.5. The van der Waals surface area contributed by atoms with E-state index in [9.17, 15) is 19.5 Å². The third kappa shape index (κ3) is 6.15.